The Morgan fingerprint density at radius 1 is 1.18 bits per heavy atom. The van der Waals surface area contributed by atoms with E-state index in [1.54, 1.807) is 42.6 Å². The molecule has 3 aromatic rings. The molecular formula is C17H11N3O2. The highest BCUT2D eigenvalue weighted by atomic mass is 16.5. The van der Waals surface area contributed by atoms with Gasteiger partial charge in [0, 0.05) is 17.8 Å². The number of nitrogens with zero attached hydrogens (tertiary/aromatic N) is 3. The molecule has 0 aliphatic heterocycles. The van der Waals surface area contributed by atoms with E-state index < -0.39 is 5.97 Å². The lowest BCUT2D eigenvalue weighted by Gasteiger charge is -2.05. The van der Waals surface area contributed by atoms with E-state index in [1.807, 2.05) is 12.1 Å². The second-order valence-corrected chi connectivity index (χ2v) is 4.66. The summed E-state index contributed by atoms with van der Waals surface area (Å²) in [6, 6.07) is 14.3. The van der Waals surface area contributed by atoms with E-state index >= 15 is 0 Å². The van der Waals surface area contributed by atoms with Gasteiger partial charge in [0.1, 0.15) is 6.61 Å². The van der Waals surface area contributed by atoms with Gasteiger partial charge >= 0.3 is 5.97 Å². The van der Waals surface area contributed by atoms with Crippen LogP contribution in [0.1, 0.15) is 21.5 Å². The Morgan fingerprint density at radius 2 is 2.00 bits per heavy atom. The molecule has 5 nitrogen and oxygen atoms in total. The summed E-state index contributed by atoms with van der Waals surface area (Å²) >= 11 is 0. The molecule has 0 saturated carbocycles. The fourth-order valence-electron chi connectivity index (χ4n) is 1.98. The van der Waals surface area contributed by atoms with Gasteiger partial charge in [0.05, 0.1) is 17.2 Å². The van der Waals surface area contributed by atoms with Crippen LogP contribution in [0.4, 0.5) is 0 Å². The van der Waals surface area contributed by atoms with Crippen molar-refractivity contribution in [2.75, 3.05) is 0 Å². The van der Waals surface area contributed by atoms with Crippen molar-refractivity contribution in [3.8, 4) is 6.07 Å². The zero-order chi connectivity index (χ0) is 15.4. The Balaban J connectivity index is 1.71. The quantitative estimate of drug-likeness (QED) is 0.693. The first kappa shape index (κ1) is 13.7. The third-order valence-corrected chi connectivity index (χ3v) is 3.14. The normalized spacial score (nSPS) is 10.1. The maximum absolute atomic E-state index is 12.0. The number of benzene rings is 1. The number of ether oxygens (including phenoxy) is 1. The van der Waals surface area contributed by atoms with Gasteiger partial charge in [0.2, 0.25) is 0 Å². The molecule has 0 radical (unpaired) electrons. The zero-order valence-corrected chi connectivity index (χ0v) is 11.6. The number of hydrogen-bond acceptors (Lipinski definition) is 5. The second-order valence-electron chi connectivity index (χ2n) is 4.66. The molecule has 106 valence electrons. The number of nitriles is 1. The molecule has 2 aromatic heterocycles. The van der Waals surface area contributed by atoms with Gasteiger partial charge in [-0.2, -0.15) is 5.26 Å². The van der Waals surface area contributed by atoms with E-state index in [9.17, 15) is 4.79 Å². The van der Waals surface area contributed by atoms with Crippen LogP contribution < -0.4 is 0 Å². The van der Waals surface area contributed by atoms with Crippen LogP contribution in [0.15, 0.2) is 54.9 Å². The van der Waals surface area contributed by atoms with Crippen LogP contribution in [0.25, 0.3) is 11.0 Å². The molecule has 0 spiro atoms. The number of carbonyl (C=O) groups is 1. The van der Waals surface area contributed by atoms with Crippen LogP contribution in [0.5, 0.6) is 0 Å². The largest absolute Gasteiger partial charge is 0.457 e. The smallest absolute Gasteiger partial charge is 0.340 e. The van der Waals surface area contributed by atoms with Gasteiger partial charge in [-0.25, -0.2) is 14.8 Å². The molecule has 22 heavy (non-hydrogen) atoms. The molecule has 0 bridgehead atoms. The monoisotopic (exact) mass is 289 g/mol. The summed E-state index contributed by atoms with van der Waals surface area (Å²) in [5.41, 5.74) is 2.37. The molecule has 1 aromatic carbocycles. The third-order valence-electron chi connectivity index (χ3n) is 3.14. The lowest BCUT2D eigenvalue weighted by molar-refractivity contribution is 0.0472. The summed E-state index contributed by atoms with van der Waals surface area (Å²) in [6.07, 6.45) is 3.11. The molecule has 0 atom stereocenters. The number of rotatable bonds is 3. The first-order chi connectivity index (χ1) is 10.8. The van der Waals surface area contributed by atoms with E-state index in [2.05, 4.69) is 9.97 Å². The summed E-state index contributed by atoms with van der Waals surface area (Å²) in [5, 5.41) is 9.52. The zero-order valence-electron chi connectivity index (χ0n) is 11.6. The molecule has 0 fully saturated rings. The van der Waals surface area contributed by atoms with Crippen molar-refractivity contribution in [3.05, 3.63) is 71.5 Å². The van der Waals surface area contributed by atoms with Crippen molar-refractivity contribution in [2.45, 2.75) is 6.61 Å². The molecular weight excluding hydrogens is 278 g/mol. The van der Waals surface area contributed by atoms with Gasteiger partial charge in [-0.1, -0.05) is 12.1 Å². The van der Waals surface area contributed by atoms with Gasteiger partial charge in [-0.3, -0.25) is 0 Å². The fourth-order valence-corrected chi connectivity index (χ4v) is 1.98. The van der Waals surface area contributed by atoms with E-state index in [4.69, 9.17) is 10.00 Å². The minimum atomic E-state index is -0.442. The molecule has 0 aliphatic rings. The van der Waals surface area contributed by atoms with Crippen LogP contribution in [-0.4, -0.2) is 15.9 Å². The highest BCUT2D eigenvalue weighted by molar-refractivity contribution is 5.92. The van der Waals surface area contributed by atoms with Gasteiger partial charge < -0.3 is 4.74 Å². The Bertz CT molecular complexity index is 867. The van der Waals surface area contributed by atoms with Gasteiger partial charge in [-0.05, 0) is 35.9 Å². The van der Waals surface area contributed by atoms with Crippen molar-refractivity contribution in [3.63, 3.8) is 0 Å². The van der Waals surface area contributed by atoms with E-state index in [0.717, 1.165) is 10.9 Å². The number of hydrogen-bond donors (Lipinski definition) is 0. The van der Waals surface area contributed by atoms with Crippen molar-refractivity contribution in [1.82, 2.24) is 9.97 Å². The molecule has 0 saturated heterocycles. The van der Waals surface area contributed by atoms with Crippen molar-refractivity contribution < 1.29 is 9.53 Å². The highest BCUT2D eigenvalue weighted by Crippen LogP contribution is 2.12. The van der Waals surface area contributed by atoms with Crippen LogP contribution >= 0.6 is 0 Å². The summed E-state index contributed by atoms with van der Waals surface area (Å²) in [4.78, 5) is 20.3. The summed E-state index contributed by atoms with van der Waals surface area (Å²) < 4.78 is 5.25. The summed E-state index contributed by atoms with van der Waals surface area (Å²) in [6.45, 7) is 0.148. The Morgan fingerprint density at radius 3 is 2.77 bits per heavy atom. The Labute approximate surface area is 126 Å². The van der Waals surface area contributed by atoms with Crippen molar-refractivity contribution in [1.29, 1.82) is 5.26 Å². The van der Waals surface area contributed by atoms with Crippen LogP contribution in [0.2, 0.25) is 0 Å². The number of aromatic nitrogens is 2. The van der Waals surface area contributed by atoms with E-state index in [1.165, 1.54) is 6.20 Å². The minimum absolute atomic E-state index is 0.148. The molecule has 0 unspecified atom stereocenters. The Hall–Kier alpha value is -3.26. The molecule has 2 heterocycles. The predicted octanol–water partition coefficient (Wildman–Crippen LogP) is 2.86. The van der Waals surface area contributed by atoms with Crippen LogP contribution in [0.3, 0.4) is 0 Å². The average Bonchev–Trinajstić information content (AvgIpc) is 2.59. The van der Waals surface area contributed by atoms with E-state index in [0.29, 0.717) is 16.8 Å². The van der Waals surface area contributed by atoms with Crippen LogP contribution in [0, 0.1) is 11.3 Å². The number of fused-ring (bicyclic) bond motifs is 1. The summed E-state index contributed by atoms with van der Waals surface area (Å²) in [7, 11) is 0. The first-order valence-electron chi connectivity index (χ1n) is 6.63. The second kappa shape index (κ2) is 6.02. The van der Waals surface area contributed by atoms with Crippen molar-refractivity contribution in [2.24, 2.45) is 0 Å². The molecule has 0 N–H and O–H groups in total. The van der Waals surface area contributed by atoms with Crippen LogP contribution in [-0.2, 0) is 11.3 Å². The highest BCUT2D eigenvalue weighted by Gasteiger charge is 2.09. The SMILES string of the molecule is N#Cc1ccc(COC(=O)c2cnc3ncccc3c2)cc1. The van der Waals surface area contributed by atoms with E-state index in [-0.39, 0.29) is 6.61 Å². The van der Waals surface area contributed by atoms with Crippen molar-refractivity contribution >= 4 is 17.0 Å². The van der Waals surface area contributed by atoms with Gasteiger partial charge in [0.15, 0.2) is 5.65 Å². The molecule has 0 aliphatic carbocycles. The number of esters is 1. The van der Waals surface area contributed by atoms with Gasteiger partial charge in [0.25, 0.3) is 0 Å². The minimum Gasteiger partial charge on any atom is -0.457 e. The number of carbonyl (C=O) groups excluding carboxylic acids is 1. The lowest BCUT2D eigenvalue weighted by Crippen LogP contribution is -2.06. The maximum Gasteiger partial charge on any atom is 0.340 e. The van der Waals surface area contributed by atoms with Gasteiger partial charge in [-0.15, -0.1) is 0 Å². The number of pyridine rings is 2. The summed E-state index contributed by atoms with van der Waals surface area (Å²) in [5.74, 6) is -0.442. The molecule has 0 amide bonds. The predicted molar refractivity (Wildman–Crippen MR) is 79.8 cm³/mol. The lowest BCUT2D eigenvalue weighted by atomic mass is 10.1. The standard InChI is InChI=1S/C17H11N3O2/c18-9-12-3-5-13(6-4-12)11-22-17(21)15-8-14-2-1-7-19-16(14)20-10-15/h1-8,10H,11H2. The topological polar surface area (TPSA) is 75.9 Å². The molecule has 3 rings (SSSR count). The Kier molecular flexibility index (Phi) is 3.75. The third kappa shape index (κ3) is 2.91. The fraction of sp³-hybridized carbons (Fsp3) is 0.0588. The average molecular weight is 289 g/mol. The molecule has 5 heteroatoms. The maximum atomic E-state index is 12.0. The first-order valence-corrected chi connectivity index (χ1v) is 6.63.